The number of hydrogen-bond acceptors (Lipinski definition) is 4. The molecule has 3 rings (SSSR count). The quantitative estimate of drug-likeness (QED) is 0.686. The molecule has 30 heavy (non-hydrogen) atoms. The highest BCUT2D eigenvalue weighted by molar-refractivity contribution is 7.92. The van der Waals surface area contributed by atoms with Gasteiger partial charge in [-0.3, -0.25) is 9.10 Å². The summed E-state index contributed by atoms with van der Waals surface area (Å²) in [6.45, 7) is 3.78. The third-order valence-corrected chi connectivity index (χ3v) is 7.35. The second-order valence-electron chi connectivity index (χ2n) is 7.52. The number of amides is 1. The normalized spacial score (nSPS) is 19.1. The van der Waals surface area contributed by atoms with E-state index in [0.717, 1.165) is 19.3 Å². The Morgan fingerprint density at radius 1 is 1.10 bits per heavy atom. The molecular weight excluding hydrogens is 400 g/mol. The zero-order valence-electron chi connectivity index (χ0n) is 17.1. The van der Waals surface area contributed by atoms with E-state index in [1.165, 1.54) is 10.4 Å². The average molecular weight is 429 g/mol. The Kier molecular flexibility index (Phi) is 6.95. The van der Waals surface area contributed by atoms with Crippen LogP contribution in [0.5, 0.6) is 0 Å². The van der Waals surface area contributed by atoms with Crippen molar-refractivity contribution in [3.8, 4) is 0 Å². The first-order chi connectivity index (χ1) is 14.4. The zero-order valence-corrected chi connectivity index (χ0v) is 18.0. The minimum Gasteiger partial charge on any atom is -0.391 e. The minimum atomic E-state index is -3.76. The number of aliphatic hydroxyl groups is 1. The molecule has 7 heteroatoms. The Labute approximate surface area is 178 Å². The van der Waals surface area contributed by atoms with Gasteiger partial charge < -0.3 is 10.0 Å². The number of nitrogens with zero attached hydrogens (tertiary/aromatic N) is 2. The lowest BCUT2D eigenvalue weighted by Crippen LogP contribution is -2.46. The van der Waals surface area contributed by atoms with Crippen LogP contribution in [-0.4, -0.2) is 50.1 Å². The summed E-state index contributed by atoms with van der Waals surface area (Å²) in [4.78, 5) is 14.7. The van der Waals surface area contributed by atoms with Gasteiger partial charge in [-0.05, 0) is 49.2 Å². The van der Waals surface area contributed by atoms with Gasteiger partial charge in [-0.2, -0.15) is 0 Å². The maximum absolute atomic E-state index is 13.1. The van der Waals surface area contributed by atoms with Crippen LogP contribution >= 0.6 is 0 Å². The SMILES string of the molecule is C=CCN(c1ccc(C(=O)N(C)[C@@H]2CCCC[C@H]2O)cc1)S(=O)(=O)c1ccccc1. The van der Waals surface area contributed by atoms with E-state index in [1.54, 1.807) is 66.5 Å². The van der Waals surface area contributed by atoms with Crippen molar-refractivity contribution in [3.63, 3.8) is 0 Å². The largest absolute Gasteiger partial charge is 0.391 e. The van der Waals surface area contributed by atoms with Crippen molar-refractivity contribution in [2.24, 2.45) is 0 Å². The van der Waals surface area contributed by atoms with Gasteiger partial charge in [0.15, 0.2) is 0 Å². The monoisotopic (exact) mass is 428 g/mol. The van der Waals surface area contributed by atoms with Gasteiger partial charge in [0.25, 0.3) is 15.9 Å². The predicted octanol–water partition coefficient (Wildman–Crippen LogP) is 3.44. The highest BCUT2D eigenvalue weighted by Gasteiger charge is 2.30. The van der Waals surface area contributed by atoms with Crippen LogP contribution in [0.3, 0.4) is 0 Å². The van der Waals surface area contributed by atoms with Gasteiger partial charge in [-0.25, -0.2) is 8.42 Å². The molecular formula is C23H28N2O4S. The van der Waals surface area contributed by atoms with E-state index < -0.39 is 16.1 Å². The number of carbonyl (C=O) groups excluding carboxylic acids is 1. The van der Waals surface area contributed by atoms with Crippen LogP contribution in [0.1, 0.15) is 36.0 Å². The van der Waals surface area contributed by atoms with Crippen molar-refractivity contribution in [1.82, 2.24) is 4.90 Å². The minimum absolute atomic E-state index is 0.110. The lowest BCUT2D eigenvalue weighted by atomic mass is 9.91. The second-order valence-corrected chi connectivity index (χ2v) is 9.38. The lowest BCUT2D eigenvalue weighted by Gasteiger charge is -2.35. The van der Waals surface area contributed by atoms with Crippen molar-refractivity contribution in [2.45, 2.75) is 42.7 Å². The number of anilines is 1. The lowest BCUT2D eigenvalue weighted by molar-refractivity contribution is 0.0268. The Balaban J connectivity index is 1.83. The van der Waals surface area contributed by atoms with E-state index in [9.17, 15) is 18.3 Å². The third-order valence-electron chi connectivity index (χ3n) is 5.54. The molecule has 0 saturated heterocycles. The van der Waals surface area contributed by atoms with E-state index >= 15 is 0 Å². The van der Waals surface area contributed by atoms with Crippen LogP contribution in [0.25, 0.3) is 0 Å². The molecule has 0 heterocycles. The number of aliphatic hydroxyl groups excluding tert-OH is 1. The molecule has 1 amide bonds. The van der Waals surface area contributed by atoms with Crippen LogP contribution in [0.2, 0.25) is 0 Å². The molecule has 0 spiro atoms. The van der Waals surface area contributed by atoms with Gasteiger partial charge >= 0.3 is 0 Å². The number of hydrogen-bond donors (Lipinski definition) is 1. The highest BCUT2D eigenvalue weighted by Crippen LogP contribution is 2.26. The summed E-state index contributed by atoms with van der Waals surface area (Å²) in [5.74, 6) is -0.186. The Hall–Kier alpha value is -2.64. The standard InChI is InChI=1S/C23H28N2O4S/c1-3-17-25(30(28,29)20-9-5-4-6-10-20)19-15-13-18(14-16-19)23(27)24(2)21-11-7-8-12-22(21)26/h3-6,9-10,13-16,21-22,26H,1,7-8,11-12,17H2,2H3/t21-,22-/m1/s1. The molecule has 1 aliphatic carbocycles. The summed E-state index contributed by atoms with van der Waals surface area (Å²) in [5.41, 5.74) is 0.908. The van der Waals surface area contributed by atoms with Crippen molar-refractivity contribution in [1.29, 1.82) is 0 Å². The number of benzene rings is 2. The second kappa shape index (κ2) is 9.45. The molecule has 0 bridgehead atoms. The first kappa shape index (κ1) is 22.1. The molecule has 2 aromatic carbocycles. The Morgan fingerprint density at radius 2 is 1.73 bits per heavy atom. The van der Waals surface area contributed by atoms with E-state index in [0.29, 0.717) is 17.7 Å². The summed E-state index contributed by atoms with van der Waals surface area (Å²) in [7, 11) is -2.05. The van der Waals surface area contributed by atoms with Gasteiger partial charge in [0.1, 0.15) is 0 Å². The molecule has 0 radical (unpaired) electrons. The maximum Gasteiger partial charge on any atom is 0.264 e. The fourth-order valence-corrected chi connectivity index (χ4v) is 5.30. The molecule has 1 aliphatic rings. The van der Waals surface area contributed by atoms with E-state index in [2.05, 4.69) is 6.58 Å². The first-order valence-electron chi connectivity index (χ1n) is 10.1. The number of rotatable bonds is 7. The number of sulfonamides is 1. The summed E-state index contributed by atoms with van der Waals surface area (Å²) in [6, 6.07) is 14.5. The topological polar surface area (TPSA) is 77.9 Å². The van der Waals surface area contributed by atoms with Crippen LogP contribution < -0.4 is 4.31 Å². The van der Waals surface area contributed by atoms with Crippen molar-refractivity contribution in [3.05, 3.63) is 72.8 Å². The van der Waals surface area contributed by atoms with Crippen molar-refractivity contribution >= 4 is 21.6 Å². The Morgan fingerprint density at radius 3 is 2.33 bits per heavy atom. The van der Waals surface area contributed by atoms with Gasteiger partial charge in [0.05, 0.1) is 29.3 Å². The van der Waals surface area contributed by atoms with E-state index in [4.69, 9.17) is 0 Å². The number of carbonyl (C=O) groups is 1. The summed E-state index contributed by atoms with van der Waals surface area (Å²) in [5, 5.41) is 10.2. The van der Waals surface area contributed by atoms with Crippen LogP contribution in [-0.2, 0) is 10.0 Å². The van der Waals surface area contributed by atoms with Crippen molar-refractivity contribution < 1.29 is 18.3 Å². The predicted molar refractivity (Wildman–Crippen MR) is 118 cm³/mol. The highest BCUT2D eigenvalue weighted by atomic mass is 32.2. The summed E-state index contributed by atoms with van der Waals surface area (Å²) < 4.78 is 27.4. The van der Waals surface area contributed by atoms with Gasteiger partial charge in [0.2, 0.25) is 0 Å². The van der Waals surface area contributed by atoms with Crippen LogP contribution in [0.15, 0.2) is 72.1 Å². The van der Waals surface area contributed by atoms with Gasteiger partial charge in [0, 0.05) is 12.6 Å². The Bertz CT molecular complexity index is 974. The molecule has 0 aromatic heterocycles. The van der Waals surface area contributed by atoms with Crippen LogP contribution in [0.4, 0.5) is 5.69 Å². The molecule has 0 unspecified atom stereocenters. The van der Waals surface area contributed by atoms with E-state index in [-0.39, 0.29) is 23.4 Å². The molecule has 0 aliphatic heterocycles. The fraction of sp³-hybridized carbons (Fsp3) is 0.348. The molecule has 1 saturated carbocycles. The first-order valence-corrected chi connectivity index (χ1v) is 11.5. The fourth-order valence-electron chi connectivity index (χ4n) is 3.85. The van der Waals surface area contributed by atoms with Crippen LogP contribution in [0, 0.1) is 0 Å². The summed E-state index contributed by atoms with van der Waals surface area (Å²) >= 11 is 0. The summed E-state index contributed by atoms with van der Waals surface area (Å²) in [6.07, 6.45) is 4.47. The molecule has 1 N–H and O–H groups in total. The smallest absolute Gasteiger partial charge is 0.264 e. The molecule has 1 fully saturated rings. The molecule has 160 valence electrons. The van der Waals surface area contributed by atoms with Crippen molar-refractivity contribution in [2.75, 3.05) is 17.9 Å². The van der Waals surface area contributed by atoms with E-state index in [1.807, 2.05) is 0 Å². The van der Waals surface area contributed by atoms with Gasteiger partial charge in [-0.1, -0.05) is 37.1 Å². The van der Waals surface area contributed by atoms with Gasteiger partial charge in [-0.15, -0.1) is 6.58 Å². The maximum atomic E-state index is 13.1. The molecule has 6 nitrogen and oxygen atoms in total. The third kappa shape index (κ3) is 4.57. The molecule has 2 atom stereocenters. The zero-order chi connectivity index (χ0) is 21.7. The average Bonchev–Trinajstić information content (AvgIpc) is 2.77. The molecule has 2 aromatic rings. The number of likely N-dealkylation sites (N-methyl/N-ethyl adjacent to an activating group) is 1.